The number of hydrogen-bond donors (Lipinski definition) is 2. The van der Waals surface area contributed by atoms with E-state index in [4.69, 9.17) is 4.74 Å². The topological polar surface area (TPSA) is 87.3 Å². The second kappa shape index (κ2) is 16.7. The summed E-state index contributed by atoms with van der Waals surface area (Å²) in [5.41, 5.74) is 4.32. The summed E-state index contributed by atoms with van der Waals surface area (Å²) in [7, 11) is 1.82. The van der Waals surface area contributed by atoms with Gasteiger partial charge in [-0.15, -0.1) is 11.8 Å². The van der Waals surface area contributed by atoms with Gasteiger partial charge in [0.1, 0.15) is 17.5 Å². The van der Waals surface area contributed by atoms with Crippen LogP contribution in [0.4, 0.5) is 4.79 Å². The first-order valence-electron chi connectivity index (χ1n) is 17.3. The number of carbonyl (C=O) groups is 2. The number of aromatic amines is 1. The molecule has 260 valence electrons. The molecule has 0 saturated carbocycles. The van der Waals surface area contributed by atoms with Crippen LogP contribution in [0.2, 0.25) is 0 Å². The molecule has 1 aromatic heterocycles. The largest absolute Gasteiger partial charge is 0.444 e. The number of thioether (sulfide) groups is 1. The number of H-pyrrole nitrogens is 1. The van der Waals surface area contributed by atoms with Gasteiger partial charge >= 0.3 is 6.09 Å². The molecule has 8 heteroatoms. The molecule has 50 heavy (non-hydrogen) atoms. The highest BCUT2D eigenvalue weighted by Crippen LogP contribution is 2.48. The second-order valence-corrected chi connectivity index (χ2v) is 14.7. The monoisotopic (exact) mass is 688 g/mol. The quantitative estimate of drug-likeness (QED) is 0.114. The van der Waals surface area contributed by atoms with Gasteiger partial charge in [0.15, 0.2) is 0 Å². The first-order chi connectivity index (χ1) is 24.1. The lowest BCUT2D eigenvalue weighted by atomic mass is 9.84. The van der Waals surface area contributed by atoms with Crippen LogP contribution in [-0.4, -0.2) is 51.3 Å². The highest BCUT2D eigenvalue weighted by Gasteiger charge is 2.40. The minimum atomic E-state index is -0.893. The van der Waals surface area contributed by atoms with Gasteiger partial charge in [0.2, 0.25) is 5.91 Å². The molecular weight excluding hydrogens is 641 g/mol. The number of carbonyl (C=O) groups excluding carboxylic acids is 2. The number of hydrogen-bond acceptors (Lipinski definition) is 5. The summed E-state index contributed by atoms with van der Waals surface area (Å²) >= 11 is 1.63. The fraction of sp³-hybridized carbons (Fsp3) is 0.310. The van der Waals surface area contributed by atoms with Gasteiger partial charge in [0.25, 0.3) is 0 Å². The van der Waals surface area contributed by atoms with Crippen LogP contribution in [0.15, 0.2) is 128 Å². The molecule has 2 N–H and O–H groups in total. The van der Waals surface area contributed by atoms with E-state index in [1.165, 1.54) is 0 Å². The number of rotatable bonds is 14. The number of aromatic nitrogens is 2. The molecule has 0 aliphatic carbocycles. The van der Waals surface area contributed by atoms with Gasteiger partial charge in [-0.25, -0.2) is 9.78 Å². The molecule has 4 aromatic carbocycles. The molecule has 0 aliphatic heterocycles. The predicted octanol–water partition coefficient (Wildman–Crippen LogP) is 9.39. The van der Waals surface area contributed by atoms with Gasteiger partial charge in [-0.3, -0.25) is 4.79 Å². The van der Waals surface area contributed by atoms with E-state index in [9.17, 15) is 9.59 Å². The van der Waals surface area contributed by atoms with E-state index in [-0.39, 0.29) is 17.7 Å². The molecule has 0 saturated heterocycles. The zero-order valence-corrected chi connectivity index (χ0v) is 30.5. The van der Waals surface area contributed by atoms with Crippen molar-refractivity contribution in [3.05, 3.63) is 150 Å². The van der Waals surface area contributed by atoms with Crippen molar-refractivity contribution in [3.8, 4) is 11.4 Å². The van der Waals surface area contributed by atoms with Crippen molar-refractivity contribution in [2.75, 3.05) is 12.8 Å². The number of nitrogens with zero attached hydrogens (tertiary/aromatic N) is 2. The Morgan fingerprint density at radius 2 is 1.32 bits per heavy atom. The van der Waals surface area contributed by atoms with Gasteiger partial charge < -0.3 is 19.9 Å². The maximum atomic E-state index is 14.7. The van der Waals surface area contributed by atoms with Crippen LogP contribution in [-0.2, 0) is 14.3 Å². The van der Waals surface area contributed by atoms with E-state index in [0.717, 1.165) is 53.0 Å². The molecule has 2 amide bonds. The molecule has 2 unspecified atom stereocenters. The maximum absolute atomic E-state index is 14.7. The van der Waals surface area contributed by atoms with Gasteiger partial charge in [-0.05, 0) is 43.9 Å². The van der Waals surface area contributed by atoms with Crippen molar-refractivity contribution in [2.45, 2.75) is 69.4 Å². The number of imidazole rings is 1. The number of likely N-dealkylation sites (N-methyl/N-ethyl adjacent to an activating group) is 1. The number of unbranched alkanes of at least 4 members (excludes halogenated alkanes) is 1. The Balaban J connectivity index is 1.53. The van der Waals surface area contributed by atoms with Crippen molar-refractivity contribution >= 4 is 23.8 Å². The Labute approximate surface area is 300 Å². The third-order valence-electron chi connectivity index (χ3n) is 8.64. The number of benzene rings is 4. The third kappa shape index (κ3) is 8.85. The van der Waals surface area contributed by atoms with Crippen molar-refractivity contribution in [2.24, 2.45) is 0 Å². The van der Waals surface area contributed by atoms with Gasteiger partial charge in [-0.1, -0.05) is 141 Å². The molecule has 5 aromatic rings. The summed E-state index contributed by atoms with van der Waals surface area (Å²) < 4.78 is 5.03. The van der Waals surface area contributed by atoms with Crippen LogP contribution >= 0.6 is 11.8 Å². The van der Waals surface area contributed by atoms with E-state index < -0.39 is 22.5 Å². The van der Waals surface area contributed by atoms with Crippen molar-refractivity contribution in [1.29, 1.82) is 0 Å². The molecule has 1 heterocycles. The standard InChI is InChI=1S/C42H48N4O3S/c1-6-7-28-37(35-29-43-38(44-35)31-20-12-8-13-21-31)46(5)39(47)36(45-40(48)49-41(2,3)4)30-50-42(32-22-14-9-15-23-32,33-24-16-10-17-25-33)34-26-18-11-19-27-34/h8-27,29,36-37H,6-7,28,30H2,1-5H3,(H,43,44)(H,45,48). The van der Waals surface area contributed by atoms with Crippen LogP contribution in [0.3, 0.4) is 0 Å². The van der Waals surface area contributed by atoms with E-state index in [2.05, 4.69) is 58.6 Å². The smallest absolute Gasteiger partial charge is 0.408 e. The molecule has 0 spiro atoms. The van der Waals surface area contributed by atoms with E-state index in [0.29, 0.717) is 0 Å². The van der Waals surface area contributed by atoms with Crippen LogP contribution < -0.4 is 5.32 Å². The number of amides is 2. The van der Waals surface area contributed by atoms with Crippen LogP contribution in [0.5, 0.6) is 0 Å². The summed E-state index contributed by atoms with van der Waals surface area (Å²) in [5.74, 6) is 0.823. The summed E-state index contributed by atoms with van der Waals surface area (Å²) in [6.07, 6.45) is 3.82. The third-order valence-corrected chi connectivity index (χ3v) is 10.3. The zero-order chi connectivity index (χ0) is 35.6. The first kappa shape index (κ1) is 36.5. The zero-order valence-electron chi connectivity index (χ0n) is 29.6. The molecule has 2 atom stereocenters. The molecule has 7 nitrogen and oxygen atoms in total. The summed E-state index contributed by atoms with van der Waals surface area (Å²) in [6, 6.07) is 39.8. The van der Waals surface area contributed by atoms with Gasteiger partial charge in [0, 0.05) is 18.4 Å². The van der Waals surface area contributed by atoms with Crippen LogP contribution in [0.1, 0.15) is 75.4 Å². The predicted molar refractivity (Wildman–Crippen MR) is 204 cm³/mol. The summed E-state index contributed by atoms with van der Waals surface area (Å²) in [4.78, 5) is 38.0. The maximum Gasteiger partial charge on any atom is 0.408 e. The average molecular weight is 689 g/mol. The number of alkyl carbamates (subject to hydrolysis) is 1. The fourth-order valence-corrected chi connectivity index (χ4v) is 7.75. The van der Waals surface area contributed by atoms with E-state index in [1.54, 1.807) is 16.7 Å². The molecule has 0 bridgehead atoms. The Bertz CT molecular complexity index is 1690. The molecular formula is C42H48N4O3S. The fourth-order valence-electron chi connectivity index (χ4n) is 6.20. The molecule has 0 fully saturated rings. The lowest BCUT2D eigenvalue weighted by Crippen LogP contribution is -2.51. The number of ether oxygens (including phenoxy) is 1. The molecule has 0 radical (unpaired) electrons. The lowest BCUT2D eigenvalue weighted by molar-refractivity contribution is -0.134. The minimum absolute atomic E-state index is 0.205. The second-order valence-electron chi connectivity index (χ2n) is 13.4. The Morgan fingerprint density at radius 1 is 0.820 bits per heavy atom. The van der Waals surface area contributed by atoms with Crippen LogP contribution in [0, 0.1) is 0 Å². The first-order valence-corrected chi connectivity index (χ1v) is 18.3. The van der Waals surface area contributed by atoms with Gasteiger partial charge in [-0.2, -0.15) is 0 Å². The minimum Gasteiger partial charge on any atom is -0.444 e. The summed E-state index contributed by atoms with van der Waals surface area (Å²) in [5, 5.41) is 2.98. The van der Waals surface area contributed by atoms with Crippen molar-refractivity contribution in [3.63, 3.8) is 0 Å². The molecule has 0 aliphatic rings. The number of nitrogens with one attached hydrogen (secondary N) is 2. The summed E-state index contributed by atoms with van der Waals surface area (Å²) in [6.45, 7) is 7.59. The van der Waals surface area contributed by atoms with Gasteiger partial charge in [0.05, 0.1) is 22.7 Å². The van der Waals surface area contributed by atoms with Crippen molar-refractivity contribution < 1.29 is 14.3 Å². The Kier molecular flexibility index (Phi) is 12.2. The normalized spacial score (nSPS) is 12.9. The molecule has 5 rings (SSSR count). The Morgan fingerprint density at radius 3 is 1.80 bits per heavy atom. The van der Waals surface area contributed by atoms with E-state index in [1.807, 2.05) is 119 Å². The van der Waals surface area contributed by atoms with E-state index >= 15 is 0 Å². The average Bonchev–Trinajstić information content (AvgIpc) is 3.62. The lowest BCUT2D eigenvalue weighted by Gasteiger charge is -2.37. The SMILES string of the molecule is CCCCC(c1cnc(-c2ccccc2)[nH]1)N(C)C(=O)C(CSC(c1ccccc1)(c1ccccc1)c1ccccc1)NC(=O)OC(C)(C)C. The highest BCUT2D eigenvalue weighted by molar-refractivity contribution is 8.00. The van der Waals surface area contributed by atoms with Crippen molar-refractivity contribution in [1.82, 2.24) is 20.2 Å². The Hall–Kier alpha value is -4.82. The van der Waals surface area contributed by atoms with Crippen LogP contribution in [0.25, 0.3) is 11.4 Å². The highest BCUT2D eigenvalue weighted by atomic mass is 32.2.